The smallest absolute Gasteiger partial charge is 0.166 e. The molecule has 1 fully saturated rings. The van der Waals surface area contributed by atoms with E-state index in [4.69, 9.17) is 0 Å². The van der Waals surface area contributed by atoms with Crippen LogP contribution in [0.4, 0.5) is 0 Å². The Morgan fingerprint density at radius 1 is 1.64 bits per heavy atom. The molecule has 1 saturated carbocycles. The fourth-order valence-corrected chi connectivity index (χ4v) is 2.01. The van der Waals surface area contributed by atoms with Gasteiger partial charge in [0, 0.05) is 19.7 Å². The summed E-state index contributed by atoms with van der Waals surface area (Å²) in [6.45, 7) is 2.20. The van der Waals surface area contributed by atoms with Crippen LogP contribution in [0.3, 0.4) is 0 Å². The number of Topliss-reactive ketones (excluding diaryl/α,β-unsaturated/α-hetero) is 1. The van der Waals surface area contributed by atoms with Gasteiger partial charge in [-0.15, -0.1) is 0 Å². The zero-order chi connectivity index (χ0) is 10.2. The maximum atomic E-state index is 11.8. The molecule has 0 bridgehead atoms. The number of aromatic nitrogens is 2. The van der Waals surface area contributed by atoms with Gasteiger partial charge >= 0.3 is 0 Å². The van der Waals surface area contributed by atoms with Crippen molar-refractivity contribution in [2.75, 3.05) is 0 Å². The third kappa shape index (κ3) is 1.72. The molecule has 0 unspecified atom stereocenters. The summed E-state index contributed by atoms with van der Waals surface area (Å²) in [4.78, 5) is 11.8. The van der Waals surface area contributed by atoms with Crippen LogP contribution in [0.5, 0.6) is 0 Å². The average Bonchev–Trinajstić information content (AvgIpc) is 2.49. The minimum atomic E-state index is 0.236. The molecule has 1 aliphatic carbocycles. The highest BCUT2D eigenvalue weighted by atomic mass is 16.1. The summed E-state index contributed by atoms with van der Waals surface area (Å²) in [7, 11) is 1.84. The molecule has 0 aromatic carbocycles. The van der Waals surface area contributed by atoms with Crippen LogP contribution in [0.2, 0.25) is 0 Å². The molecule has 14 heavy (non-hydrogen) atoms. The molecule has 0 atom stereocenters. The van der Waals surface area contributed by atoms with E-state index in [9.17, 15) is 4.79 Å². The minimum Gasteiger partial charge on any atom is -0.294 e. The number of hydrogen-bond acceptors (Lipinski definition) is 2. The third-order valence-electron chi connectivity index (χ3n) is 3.17. The molecule has 1 heterocycles. The van der Waals surface area contributed by atoms with Crippen molar-refractivity contribution in [3.05, 3.63) is 18.0 Å². The summed E-state index contributed by atoms with van der Waals surface area (Å²) in [6.07, 6.45) is 7.79. The van der Waals surface area contributed by atoms with Gasteiger partial charge in [-0.2, -0.15) is 5.10 Å². The van der Waals surface area contributed by atoms with Crippen LogP contribution in [0.1, 0.15) is 43.0 Å². The molecular weight excluding hydrogens is 176 g/mol. The predicted octanol–water partition coefficient (Wildman–Crippen LogP) is 2.18. The first-order chi connectivity index (χ1) is 6.59. The Kier molecular flexibility index (Phi) is 2.17. The van der Waals surface area contributed by atoms with E-state index in [0.29, 0.717) is 6.42 Å². The largest absolute Gasteiger partial charge is 0.294 e. The lowest BCUT2D eigenvalue weighted by Crippen LogP contribution is -2.28. The summed E-state index contributed by atoms with van der Waals surface area (Å²) < 4.78 is 1.68. The van der Waals surface area contributed by atoms with E-state index >= 15 is 0 Å². The SMILES string of the molecule is Cn1cc(C(=O)CC2(C)CCC2)cn1. The average molecular weight is 192 g/mol. The number of rotatable bonds is 3. The second kappa shape index (κ2) is 3.23. The first-order valence-electron chi connectivity index (χ1n) is 5.11. The maximum absolute atomic E-state index is 11.8. The third-order valence-corrected chi connectivity index (χ3v) is 3.17. The molecule has 0 aliphatic heterocycles. The Hall–Kier alpha value is -1.12. The van der Waals surface area contributed by atoms with Crippen molar-refractivity contribution in [2.24, 2.45) is 12.5 Å². The Morgan fingerprint density at radius 2 is 2.36 bits per heavy atom. The molecule has 1 aliphatic rings. The summed E-state index contributed by atoms with van der Waals surface area (Å²) in [5.41, 5.74) is 1.02. The van der Waals surface area contributed by atoms with Gasteiger partial charge in [-0.3, -0.25) is 9.48 Å². The zero-order valence-corrected chi connectivity index (χ0v) is 8.79. The second-order valence-corrected chi connectivity index (χ2v) is 4.67. The van der Waals surface area contributed by atoms with E-state index in [1.54, 1.807) is 17.1 Å². The molecule has 2 rings (SSSR count). The topological polar surface area (TPSA) is 34.9 Å². The molecule has 3 nitrogen and oxygen atoms in total. The first-order valence-corrected chi connectivity index (χ1v) is 5.11. The van der Waals surface area contributed by atoms with Crippen LogP contribution in [-0.2, 0) is 7.05 Å². The lowest BCUT2D eigenvalue weighted by atomic mass is 9.67. The first kappa shape index (κ1) is 9.44. The van der Waals surface area contributed by atoms with Crippen LogP contribution in [0, 0.1) is 5.41 Å². The summed E-state index contributed by atoms with van der Waals surface area (Å²) in [5.74, 6) is 0.236. The number of carbonyl (C=O) groups excluding carboxylic acids is 1. The molecule has 0 spiro atoms. The van der Waals surface area contributed by atoms with Gasteiger partial charge in [0.05, 0.1) is 11.8 Å². The van der Waals surface area contributed by atoms with E-state index in [1.807, 2.05) is 7.05 Å². The van der Waals surface area contributed by atoms with Gasteiger partial charge in [-0.1, -0.05) is 13.3 Å². The van der Waals surface area contributed by atoms with Crippen molar-refractivity contribution in [1.29, 1.82) is 0 Å². The van der Waals surface area contributed by atoms with Gasteiger partial charge < -0.3 is 0 Å². The van der Waals surface area contributed by atoms with Gasteiger partial charge in [-0.25, -0.2) is 0 Å². The van der Waals surface area contributed by atoms with Gasteiger partial charge in [0.25, 0.3) is 0 Å². The van der Waals surface area contributed by atoms with E-state index in [2.05, 4.69) is 12.0 Å². The number of aryl methyl sites for hydroxylation is 1. The fraction of sp³-hybridized carbons (Fsp3) is 0.636. The summed E-state index contributed by atoms with van der Waals surface area (Å²) in [6, 6.07) is 0. The molecular formula is C11H16N2O. The normalized spacial score (nSPS) is 19.0. The van der Waals surface area contributed by atoms with Crippen LogP contribution in [-0.4, -0.2) is 15.6 Å². The number of hydrogen-bond donors (Lipinski definition) is 0. The van der Waals surface area contributed by atoms with Crippen LogP contribution < -0.4 is 0 Å². The molecule has 0 amide bonds. The quantitative estimate of drug-likeness (QED) is 0.688. The summed E-state index contributed by atoms with van der Waals surface area (Å²) in [5, 5.41) is 4.01. The second-order valence-electron chi connectivity index (χ2n) is 4.67. The Morgan fingerprint density at radius 3 is 2.79 bits per heavy atom. The molecule has 0 radical (unpaired) electrons. The monoisotopic (exact) mass is 192 g/mol. The highest BCUT2D eigenvalue weighted by Gasteiger charge is 2.34. The van der Waals surface area contributed by atoms with Gasteiger partial charge in [-0.05, 0) is 18.3 Å². The lowest BCUT2D eigenvalue weighted by Gasteiger charge is -2.37. The van der Waals surface area contributed by atoms with Gasteiger partial charge in [0.2, 0.25) is 0 Å². The molecule has 1 aromatic rings. The van der Waals surface area contributed by atoms with E-state index in [1.165, 1.54) is 19.3 Å². The summed E-state index contributed by atoms with van der Waals surface area (Å²) >= 11 is 0. The van der Waals surface area contributed by atoms with Crippen LogP contribution >= 0.6 is 0 Å². The van der Waals surface area contributed by atoms with Gasteiger partial charge in [0.15, 0.2) is 5.78 Å². The molecule has 1 aromatic heterocycles. The lowest BCUT2D eigenvalue weighted by molar-refractivity contribution is 0.0816. The van der Waals surface area contributed by atoms with Crippen molar-refractivity contribution in [3.8, 4) is 0 Å². The Balaban J connectivity index is 2.02. The molecule has 0 N–H and O–H groups in total. The van der Waals surface area contributed by atoms with Crippen LogP contribution in [0.25, 0.3) is 0 Å². The Labute approximate surface area is 84.1 Å². The number of ketones is 1. The molecule has 3 heteroatoms. The number of carbonyl (C=O) groups is 1. The molecule has 76 valence electrons. The minimum absolute atomic E-state index is 0.236. The van der Waals surface area contributed by atoms with Crippen molar-refractivity contribution in [1.82, 2.24) is 9.78 Å². The van der Waals surface area contributed by atoms with Crippen molar-refractivity contribution in [3.63, 3.8) is 0 Å². The van der Waals surface area contributed by atoms with Crippen LogP contribution in [0.15, 0.2) is 12.4 Å². The van der Waals surface area contributed by atoms with E-state index in [0.717, 1.165) is 5.56 Å². The van der Waals surface area contributed by atoms with E-state index in [-0.39, 0.29) is 11.2 Å². The zero-order valence-electron chi connectivity index (χ0n) is 8.79. The van der Waals surface area contributed by atoms with Crippen molar-refractivity contribution in [2.45, 2.75) is 32.6 Å². The van der Waals surface area contributed by atoms with E-state index < -0.39 is 0 Å². The predicted molar refractivity (Wildman–Crippen MR) is 54.1 cm³/mol. The van der Waals surface area contributed by atoms with Crippen molar-refractivity contribution < 1.29 is 4.79 Å². The van der Waals surface area contributed by atoms with Crippen molar-refractivity contribution >= 4 is 5.78 Å². The van der Waals surface area contributed by atoms with Gasteiger partial charge in [0.1, 0.15) is 0 Å². The Bertz CT molecular complexity index is 350. The highest BCUT2D eigenvalue weighted by molar-refractivity contribution is 5.96. The fourth-order valence-electron chi connectivity index (χ4n) is 2.01. The highest BCUT2D eigenvalue weighted by Crippen LogP contribution is 2.43. The number of nitrogens with zero attached hydrogens (tertiary/aromatic N) is 2. The standard InChI is InChI=1S/C11H16N2O/c1-11(4-3-5-11)6-10(14)9-7-12-13(2)8-9/h7-8H,3-6H2,1-2H3. The maximum Gasteiger partial charge on any atom is 0.166 e. The molecule has 0 saturated heterocycles.